The first kappa shape index (κ1) is 21.7. The van der Waals surface area contributed by atoms with Gasteiger partial charge in [-0.1, -0.05) is 23.7 Å². The fourth-order valence-corrected chi connectivity index (χ4v) is 4.65. The first-order valence-corrected chi connectivity index (χ1v) is 10.4. The number of nitrogens with zero attached hydrogens (tertiary/aromatic N) is 2. The molecule has 164 valence electrons. The molecule has 0 amide bonds. The van der Waals surface area contributed by atoms with E-state index in [4.69, 9.17) is 11.6 Å². The summed E-state index contributed by atoms with van der Waals surface area (Å²) < 4.78 is 41.3. The predicted octanol–water partition coefficient (Wildman–Crippen LogP) is 5.93. The van der Waals surface area contributed by atoms with E-state index in [0.29, 0.717) is 18.0 Å². The van der Waals surface area contributed by atoms with E-state index in [1.54, 1.807) is 18.2 Å². The van der Waals surface area contributed by atoms with Gasteiger partial charge in [-0.3, -0.25) is 4.90 Å². The lowest BCUT2D eigenvalue weighted by Crippen LogP contribution is -2.32. The van der Waals surface area contributed by atoms with E-state index in [1.807, 2.05) is 17.7 Å². The van der Waals surface area contributed by atoms with Crippen molar-refractivity contribution in [3.63, 3.8) is 0 Å². The molecule has 0 atom stereocenters. The Kier molecular flexibility index (Phi) is 5.75. The van der Waals surface area contributed by atoms with Crippen molar-refractivity contribution in [3.05, 3.63) is 69.9 Å². The second kappa shape index (κ2) is 8.20. The van der Waals surface area contributed by atoms with Gasteiger partial charge in [-0.2, -0.15) is 13.2 Å². The predicted molar refractivity (Wildman–Crippen MR) is 114 cm³/mol. The SMILES string of the molecule is Cn1cc(C2CCN(Cc3ccc(Cl)c(C(F)(F)F)c3)CC2)c2ccc(C(=O)O)cc21. The molecule has 0 unspecified atom stereocenters. The number of aromatic nitrogens is 1. The number of aryl methyl sites for hydroxylation is 1. The quantitative estimate of drug-likeness (QED) is 0.536. The zero-order valence-corrected chi connectivity index (χ0v) is 17.7. The highest BCUT2D eigenvalue weighted by molar-refractivity contribution is 6.31. The Bertz CT molecular complexity index is 1130. The number of alkyl halides is 3. The zero-order chi connectivity index (χ0) is 22.3. The molecule has 1 aliphatic heterocycles. The van der Waals surface area contributed by atoms with Gasteiger partial charge in [0.2, 0.25) is 0 Å². The average Bonchev–Trinajstić information content (AvgIpc) is 3.05. The van der Waals surface area contributed by atoms with E-state index in [2.05, 4.69) is 11.1 Å². The maximum absolute atomic E-state index is 13.1. The average molecular weight is 451 g/mol. The van der Waals surface area contributed by atoms with E-state index in [1.165, 1.54) is 11.6 Å². The van der Waals surface area contributed by atoms with Gasteiger partial charge in [-0.15, -0.1) is 0 Å². The maximum Gasteiger partial charge on any atom is 0.417 e. The number of carboxylic acids is 1. The van der Waals surface area contributed by atoms with Crippen LogP contribution in [-0.2, 0) is 19.8 Å². The van der Waals surface area contributed by atoms with Gasteiger partial charge < -0.3 is 9.67 Å². The fraction of sp³-hybridized carbons (Fsp3) is 0.348. The molecule has 1 saturated heterocycles. The summed E-state index contributed by atoms with van der Waals surface area (Å²) >= 11 is 5.72. The number of likely N-dealkylation sites (tertiary alicyclic amines) is 1. The summed E-state index contributed by atoms with van der Waals surface area (Å²) in [5.74, 6) is -0.625. The normalized spacial score (nSPS) is 16.2. The van der Waals surface area contributed by atoms with Crippen LogP contribution in [0.1, 0.15) is 45.8 Å². The monoisotopic (exact) mass is 450 g/mol. The second-order valence-electron chi connectivity index (χ2n) is 8.09. The lowest BCUT2D eigenvalue weighted by molar-refractivity contribution is -0.137. The Labute approximate surface area is 182 Å². The molecule has 1 fully saturated rings. The Morgan fingerprint density at radius 2 is 1.87 bits per heavy atom. The van der Waals surface area contributed by atoms with Crippen molar-refractivity contribution < 1.29 is 23.1 Å². The summed E-state index contributed by atoms with van der Waals surface area (Å²) in [5, 5.41) is 10.0. The van der Waals surface area contributed by atoms with Crippen LogP contribution in [0.25, 0.3) is 10.9 Å². The van der Waals surface area contributed by atoms with Crippen molar-refractivity contribution in [3.8, 4) is 0 Å². The summed E-state index contributed by atoms with van der Waals surface area (Å²) in [6, 6.07) is 9.28. The molecule has 1 N–H and O–H groups in total. The lowest BCUT2D eigenvalue weighted by Gasteiger charge is -2.32. The maximum atomic E-state index is 13.1. The highest BCUT2D eigenvalue weighted by Gasteiger charge is 2.33. The van der Waals surface area contributed by atoms with Crippen LogP contribution in [0.2, 0.25) is 5.02 Å². The van der Waals surface area contributed by atoms with Gasteiger partial charge in [0.25, 0.3) is 0 Å². The van der Waals surface area contributed by atoms with Gasteiger partial charge in [0.05, 0.1) is 16.1 Å². The topological polar surface area (TPSA) is 45.5 Å². The van der Waals surface area contributed by atoms with Gasteiger partial charge in [-0.05, 0) is 67.2 Å². The van der Waals surface area contributed by atoms with Gasteiger partial charge >= 0.3 is 12.1 Å². The molecule has 8 heteroatoms. The second-order valence-corrected chi connectivity index (χ2v) is 8.50. The molecular weight excluding hydrogens is 429 g/mol. The number of carbonyl (C=O) groups is 1. The highest BCUT2D eigenvalue weighted by Crippen LogP contribution is 2.37. The number of fused-ring (bicyclic) bond motifs is 1. The molecule has 2 aromatic carbocycles. The number of aromatic carboxylic acids is 1. The number of halogens is 4. The molecule has 3 aromatic rings. The number of carboxylic acid groups (broad SMARTS) is 1. The van der Waals surface area contributed by atoms with Crippen LogP contribution < -0.4 is 0 Å². The minimum atomic E-state index is -4.46. The molecule has 0 saturated carbocycles. The summed E-state index contributed by atoms with van der Waals surface area (Å²) in [4.78, 5) is 13.4. The molecule has 4 nitrogen and oxygen atoms in total. The third-order valence-electron chi connectivity index (χ3n) is 6.04. The number of hydrogen-bond acceptors (Lipinski definition) is 2. The largest absolute Gasteiger partial charge is 0.478 e. The van der Waals surface area contributed by atoms with Gasteiger partial charge in [0.15, 0.2) is 0 Å². The van der Waals surface area contributed by atoms with E-state index < -0.39 is 17.7 Å². The van der Waals surface area contributed by atoms with Gasteiger partial charge in [0, 0.05) is 30.7 Å². The Morgan fingerprint density at radius 3 is 2.52 bits per heavy atom. The molecule has 0 bridgehead atoms. The highest BCUT2D eigenvalue weighted by atomic mass is 35.5. The lowest BCUT2D eigenvalue weighted by atomic mass is 9.89. The minimum Gasteiger partial charge on any atom is -0.478 e. The van der Waals surface area contributed by atoms with Crippen LogP contribution in [-0.4, -0.2) is 33.6 Å². The van der Waals surface area contributed by atoms with Crippen LogP contribution in [0.15, 0.2) is 42.6 Å². The van der Waals surface area contributed by atoms with Crippen molar-refractivity contribution in [2.24, 2.45) is 7.05 Å². The number of hydrogen-bond donors (Lipinski definition) is 1. The smallest absolute Gasteiger partial charge is 0.417 e. The zero-order valence-electron chi connectivity index (χ0n) is 16.9. The van der Waals surface area contributed by atoms with Gasteiger partial charge in [-0.25, -0.2) is 4.79 Å². The number of rotatable bonds is 4. The Hall–Kier alpha value is -2.51. The van der Waals surface area contributed by atoms with Crippen molar-refractivity contribution in [1.82, 2.24) is 9.47 Å². The Balaban J connectivity index is 1.47. The molecular formula is C23H22ClF3N2O2. The molecule has 2 heterocycles. The van der Waals surface area contributed by atoms with E-state index in [-0.39, 0.29) is 10.6 Å². The fourth-order valence-electron chi connectivity index (χ4n) is 4.42. The van der Waals surface area contributed by atoms with Crippen LogP contribution in [0.4, 0.5) is 13.2 Å². The third-order valence-corrected chi connectivity index (χ3v) is 6.37. The summed E-state index contributed by atoms with van der Waals surface area (Å²) in [6.07, 6.45) is -0.626. The van der Waals surface area contributed by atoms with Crippen molar-refractivity contribution in [2.45, 2.75) is 31.5 Å². The van der Waals surface area contributed by atoms with Crippen LogP contribution in [0, 0.1) is 0 Å². The molecule has 0 aliphatic carbocycles. The molecule has 1 aliphatic rings. The molecule has 0 radical (unpaired) electrons. The van der Waals surface area contributed by atoms with E-state index >= 15 is 0 Å². The first-order chi connectivity index (χ1) is 14.6. The first-order valence-electron chi connectivity index (χ1n) is 10.0. The van der Waals surface area contributed by atoms with Crippen LogP contribution in [0.3, 0.4) is 0 Å². The number of benzene rings is 2. The van der Waals surface area contributed by atoms with E-state index in [0.717, 1.165) is 42.9 Å². The summed E-state index contributed by atoms with van der Waals surface area (Å²) in [5.41, 5.74) is 2.15. The molecule has 4 rings (SSSR count). The molecule has 31 heavy (non-hydrogen) atoms. The molecule has 0 spiro atoms. The van der Waals surface area contributed by atoms with E-state index in [9.17, 15) is 23.1 Å². The standard InChI is InChI=1S/C23H22ClF3N2O2/c1-28-13-18(17-4-3-16(22(30)31)11-21(17)28)15-6-8-29(9-7-15)12-14-2-5-20(24)19(10-14)23(25,26)27/h2-5,10-11,13,15H,6-9,12H2,1H3,(H,30,31). The van der Waals surface area contributed by atoms with Gasteiger partial charge in [0.1, 0.15) is 0 Å². The van der Waals surface area contributed by atoms with Crippen molar-refractivity contribution >= 4 is 28.5 Å². The van der Waals surface area contributed by atoms with Crippen LogP contribution in [0.5, 0.6) is 0 Å². The van der Waals surface area contributed by atoms with Crippen LogP contribution >= 0.6 is 11.6 Å². The Morgan fingerprint density at radius 1 is 1.16 bits per heavy atom. The minimum absolute atomic E-state index is 0.260. The summed E-state index contributed by atoms with van der Waals surface area (Å²) in [6.45, 7) is 2.00. The molecule has 1 aromatic heterocycles. The number of piperidine rings is 1. The third kappa shape index (κ3) is 4.43. The van der Waals surface area contributed by atoms with Crippen molar-refractivity contribution in [1.29, 1.82) is 0 Å². The summed E-state index contributed by atoms with van der Waals surface area (Å²) in [7, 11) is 1.91. The van der Waals surface area contributed by atoms with Crippen molar-refractivity contribution in [2.75, 3.05) is 13.1 Å².